The normalized spacial score (nSPS) is 10.4. The van der Waals surface area contributed by atoms with Crippen LogP contribution in [0.3, 0.4) is 0 Å². The van der Waals surface area contributed by atoms with E-state index in [1.807, 2.05) is 48.7 Å². The summed E-state index contributed by atoms with van der Waals surface area (Å²) in [6.07, 6.45) is 8.32. The van der Waals surface area contributed by atoms with Crippen LogP contribution in [-0.4, -0.2) is 15.9 Å². The zero-order valence-corrected chi connectivity index (χ0v) is 14.6. The van der Waals surface area contributed by atoms with E-state index in [9.17, 15) is 4.79 Å². The smallest absolute Gasteiger partial charge is 0.224 e. The summed E-state index contributed by atoms with van der Waals surface area (Å²) in [5.74, 6) is 0.893. The van der Waals surface area contributed by atoms with Crippen LogP contribution >= 0.6 is 11.8 Å². The summed E-state index contributed by atoms with van der Waals surface area (Å²) in [6.45, 7) is 0. The van der Waals surface area contributed by atoms with Gasteiger partial charge >= 0.3 is 0 Å². The Morgan fingerprint density at radius 1 is 0.920 bits per heavy atom. The summed E-state index contributed by atoms with van der Waals surface area (Å²) >= 11 is 1.75. The zero-order chi connectivity index (χ0) is 17.3. The predicted molar refractivity (Wildman–Crippen MR) is 101 cm³/mol. The molecule has 3 rings (SSSR count). The van der Waals surface area contributed by atoms with Gasteiger partial charge in [0, 0.05) is 47.5 Å². The van der Waals surface area contributed by atoms with Gasteiger partial charge in [0.05, 0.1) is 0 Å². The van der Waals surface area contributed by atoms with E-state index in [0.717, 1.165) is 21.9 Å². The third-order valence-corrected chi connectivity index (χ3v) is 4.71. The van der Waals surface area contributed by atoms with E-state index in [1.165, 1.54) is 5.56 Å². The second-order valence-corrected chi connectivity index (χ2v) is 6.63. The van der Waals surface area contributed by atoms with Gasteiger partial charge < -0.3 is 5.32 Å². The van der Waals surface area contributed by atoms with Crippen molar-refractivity contribution in [3.63, 3.8) is 0 Å². The molecule has 2 aromatic heterocycles. The topological polar surface area (TPSA) is 54.9 Å². The van der Waals surface area contributed by atoms with Gasteiger partial charge in [0.2, 0.25) is 5.91 Å². The molecule has 0 aliphatic carbocycles. The van der Waals surface area contributed by atoms with Gasteiger partial charge in [-0.25, -0.2) is 0 Å². The van der Waals surface area contributed by atoms with E-state index < -0.39 is 0 Å². The maximum atomic E-state index is 12.0. The van der Waals surface area contributed by atoms with Crippen molar-refractivity contribution in [2.45, 2.75) is 23.5 Å². The molecule has 0 atom stereocenters. The third-order valence-electron chi connectivity index (χ3n) is 3.63. The number of amides is 1. The summed E-state index contributed by atoms with van der Waals surface area (Å²) < 4.78 is 0. The van der Waals surface area contributed by atoms with Gasteiger partial charge in [-0.15, -0.1) is 11.8 Å². The van der Waals surface area contributed by atoms with E-state index in [1.54, 1.807) is 30.4 Å². The van der Waals surface area contributed by atoms with Gasteiger partial charge in [0.15, 0.2) is 0 Å². The molecule has 25 heavy (non-hydrogen) atoms. The van der Waals surface area contributed by atoms with Gasteiger partial charge in [0.25, 0.3) is 0 Å². The molecule has 2 heterocycles. The Hall–Kier alpha value is -2.66. The minimum atomic E-state index is 0.0135. The average Bonchev–Trinajstić information content (AvgIpc) is 2.67. The van der Waals surface area contributed by atoms with Gasteiger partial charge in [-0.2, -0.15) is 0 Å². The number of benzene rings is 1. The number of hydrogen-bond donors (Lipinski definition) is 1. The predicted octanol–water partition coefficient (Wildman–Crippen LogP) is 4.34. The molecule has 0 saturated carbocycles. The summed E-state index contributed by atoms with van der Waals surface area (Å²) in [5.41, 5.74) is 3.09. The minimum absolute atomic E-state index is 0.0135. The number of nitrogens with one attached hydrogen (secondary N) is 1. The molecule has 1 N–H and O–H groups in total. The number of aromatic nitrogens is 2. The Morgan fingerprint density at radius 2 is 1.60 bits per heavy atom. The van der Waals surface area contributed by atoms with E-state index in [2.05, 4.69) is 21.4 Å². The van der Waals surface area contributed by atoms with Crippen molar-refractivity contribution in [3.8, 4) is 0 Å². The highest BCUT2D eigenvalue weighted by Gasteiger charge is 2.04. The lowest BCUT2D eigenvalue weighted by atomic mass is 10.1. The second kappa shape index (κ2) is 8.99. The lowest BCUT2D eigenvalue weighted by molar-refractivity contribution is -0.116. The molecule has 0 aliphatic rings. The monoisotopic (exact) mass is 349 g/mol. The summed E-state index contributed by atoms with van der Waals surface area (Å²) in [7, 11) is 0. The molecule has 126 valence electrons. The zero-order valence-electron chi connectivity index (χ0n) is 13.8. The molecule has 0 unspecified atom stereocenters. The third kappa shape index (κ3) is 5.72. The van der Waals surface area contributed by atoms with Crippen molar-refractivity contribution in [1.82, 2.24) is 9.97 Å². The van der Waals surface area contributed by atoms with Crippen molar-refractivity contribution < 1.29 is 4.79 Å². The van der Waals surface area contributed by atoms with Crippen LogP contribution in [-0.2, 0) is 17.0 Å². The fourth-order valence-corrected chi connectivity index (χ4v) is 3.14. The Labute approximate surface area is 151 Å². The lowest BCUT2D eigenvalue weighted by Crippen LogP contribution is -2.12. The highest BCUT2D eigenvalue weighted by molar-refractivity contribution is 7.98. The fraction of sp³-hybridized carbons (Fsp3) is 0.150. The number of nitrogens with zero attached hydrogens (tertiary/aromatic N) is 2. The number of carbonyl (C=O) groups excluding carboxylic acids is 1. The van der Waals surface area contributed by atoms with E-state index >= 15 is 0 Å². The van der Waals surface area contributed by atoms with Crippen molar-refractivity contribution >= 4 is 23.4 Å². The molecular formula is C20H19N3OS. The quantitative estimate of drug-likeness (QED) is 0.645. The molecule has 4 nitrogen and oxygen atoms in total. The van der Waals surface area contributed by atoms with Gasteiger partial charge in [-0.3, -0.25) is 14.8 Å². The van der Waals surface area contributed by atoms with E-state index in [-0.39, 0.29) is 5.91 Å². The van der Waals surface area contributed by atoms with Crippen LogP contribution < -0.4 is 5.32 Å². The number of carbonyl (C=O) groups is 1. The van der Waals surface area contributed by atoms with Crippen LogP contribution in [0.5, 0.6) is 0 Å². The lowest BCUT2D eigenvalue weighted by Gasteiger charge is -2.07. The Kier molecular flexibility index (Phi) is 6.17. The van der Waals surface area contributed by atoms with Gasteiger partial charge in [-0.1, -0.05) is 12.1 Å². The minimum Gasteiger partial charge on any atom is -0.326 e. The number of hydrogen-bond acceptors (Lipinski definition) is 4. The highest BCUT2D eigenvalue weighted by Crippen LogP contribution is 2.24. The first-order valence-electron chi connectivity index (χ1n) is 8.10. The van der Waals surface area contributed by atoms with Crippen molar-refractivity contribution in [1.29, 1.82) is 0 Å². The van der Waals surface area contributed by atoms with Gasteiger partial charge in [0.1, 0.15) is 0 Å². The standard InChI is InChI=1S/C20H19N3OS/c24-20(10-5-16-3-1-11-21-13-16)23-18-6-8-19(9-7-18)25-15-17-4-2-12-22-14-17/h1-4,6-9,11-14H,5,10,15H2,(H,23,24). The van der Waals surface area contributed by atoms with Crippen LogP contribution in [0.15, 0.2) is 78.2 Å². The first-order chi connectivity index (χ1) is 12.3. The molecule has 0 radical (unpaired) electrons. The Bertz CT molecular complexity index is 792. The van der Waals surface area contributed by atoms with E-state index in [4.69, 9.17) is 0 Å². The van der Waals surface area contributed by atoms with Crippen LogP contribution in [0, 0.1) is 0 Å². The molecule has 0 saturated heterocycles. The SMILES string of the molecule is O=C(CCc1cccnc1)Nc1ccc(SCc2cccnc2)cc1. The van der Waals surface area contributed by atoms with Crippen LogP contribution in [0.2, 0.25) is 0 Å². The molecular weight excluding hydrogens is 330 g/mol. The molecule has 5 heteroatoms. The number of anilines is 1. The summed E-state index contributed by atoms with van der Waals surface area (Å²) in [6, 6.07) is 15.8. The Balaban J connectivity index is 1.46. The summed E-state index contributed by atoms with van der Waals surface area (Å²) in [5, 5.41) is 2.93. The Morgan fingerprint density at radius 3 is 2.24 bits per heavy atom. The number of aryl methyl sites for hydroxylation is 1. The maximum Gasteiger partial charge on any atom is 0.224 e. The van der Waals surface area contributed by atoms with Crippen molar-refractivity contribution in [2.75, 3.05) is 5.32 Å². The molecule has 0 spiro atoms. The van der Waals surface area contributed by atoms with Gasteiger partial charge in [-0.05, 0) is 53.9 Å². The summed E-state index contributed by atoms with van der Waals surface area (Å²) in [4.78, 5) is 21.4. The molecule has 1 amide bonds. The maximum absolute atomic E-state index is 12.0. The van der Waals surface area contributed by atoms with Crippen LogP contribution in [0.1, 0.15) is 17.5 Å². The first-order valence-corrected chi connectivity index (χ1v) is 9.09. The molecule has 1 aromatic carbocycles. The molecule has 3 aromatic rings. The molecule has 0 fully saturated rings. The van der Waals surface area contributed by atoms with Crippen molar-refractivity contribution in [2.24, 2.45) is 0 Å². The van der Waals surface area contributed by atoms with Crippen molar-refractivity contribution in [3.05, 3.63) is 84.4 Å². The number of pyridine rings is 2. The van der Waals surface area contributed by atoms with Crippen LogP contribution in [0.4, 0.5) is 5.69 Å². The fourth-order valence-electron chi connectivity index (χ4n) is 2.31. The largest absolute Gasteiger partial charge is 0.326 e. The van der Waals surface area contributed by atoms with E-state index in [0.29, 0.717) is 12.8 Å². The number of thioether (sulfide) groups is 1. The highest BCUT2D eigenvalue weighted by atomic mass is 32.2. The molecule has 0 aliphatic heterocycles. The first kappa shape index (κ1) is 17.2. The average molecular weight is 349 g/mol. The second-order valence-electron chi connectivity index (χ2n) is 5.58. The number of rotatable bonds is 7. The molecule has 0 bridgehead atoms. The van der Waals surface area contributed by atoms with Crippen LogP contribution in [0.25, 0.3) is 0 Å².